The van der Waals surface area contributed by atoms with Crippen molar-refractivity contribution in [1.29, 1.82) is 0 Å². The van der Waals surface area contributed by atoms with E-state index >= 15 is 0 Å². The molecule has 0 unspecified atom stereocenters. The van der Waals surface area contributed by atoms with Crippen molar-refractivity contribution >= 4 is 5.69 Å². The van der Waals surface area contributed by atoms with Gasteiger partial charge in [0.05, 0.1) is 0 Å². The van der Waals surface area contributed by atoms with E-state index in [-0.39, 0.29) is 0 Å². The second kappa shape index (κ2) is 5.75. The summed E-state index contributed by atoms with van der Waals surface area (Å²) in [6.45, 7) is 8.61. The number of nitrogens with two attached hydrogens (primary N) is 1. The Morgan fingerprint density at radius 2 is 2.06 bits per heavy atom. The Kier molecular flexibility index (Phi) is 4.28. The summed E-state index contributed by atoms with van der Waals surface area (Å²) < 4.78 is 0. The molecule has 1 aliphatic carbocycles. The van der Waals surface area contributed by atoms with Crippen LogP contribution in [-0.4, -0.2) is 12.6 Å². The lowest BCUT2D eigenvalue weighted by Gasteiger charge is -2.29. The molecule has 0 heterocycles. The molecule has 1 aromatic rings. The minimum atomic E-state index is 0.641. The number of benzene rings is 1. The van der Waals surface area contributed by atoms with Crippen LogP contribution >= 0.6 is 0 Å². The summed E-state index contributed by atoms with van der Waals surface area (Å²) in [7, 11) is 0. The number of hydrogen-bond acceptors (Lipinski definition) is 2. The van der Waals surface area contributed by atoms with Gasteiger partial charge in [-0.15, -0.1) is 0 Å². The number of anilines is 1. The van der Waals surface area contributed by atoms with E-state index in [9.17, 15) is 0 Å². The first kappa shape index (κ1) is 13.4. The lowest BCUT2D eigenvalue weighted by atomic mass is 10.0. The standard InChI is InChI=1S/C16H26N2/c1-12(2)9-10-18(15-7-8-15)16-13(3)5-4-6-14(16)11-17/h4-6,12,15H,7-11,17H2,1-3H3. The van der Waals surface area contributed by atoms with Crippen molar-refractivity contribution in [3.8, 4) is 0 Å². The molecular weight excluding hydrogens is 220 g/mol. The maximum absolute atomic E-state index is 5.91. The van der Waals surface area contributed by atoms with Gasteiger partial charge in [-0.05, 0) is 43.2 Å². The van der Waals surface area contributed by atoms with Crippen LogP contribution in [0.3, 0.4) is 0 Å². The molecule has 1 fully saturated rings. The van der Waals surface area contributed by atoms with Gasteiger partial charge in [-0.3, -0.25) is 0 Å². The second-order valence-corrected chi connectivity index (χ2v) is 5.89. The van der Waals surface area contributed by atoms with Crippen molar-refractivity contribution in [2.75, 3.05) is 11.4 Å². The summed E-state index contributed by atoms with van der Waals surface area (Å²) in [5, 5.41) is 0. The predicted molar refractivity (Wildman–Crippen MR) is 78.9 cm³/mol. The van der Waals surface area contributed by atoms with Crippen LogP contribution in [0.2, 0.25) is 0 Å². The molecule has 1 aromatic carbocycles. The molecule has 0 aromatic heterocycles. The first-order valence-electron chi connectivity index (χ1n) is 7.18. The molecular formula is C16H26N2. The fourth-order valence-electron chi connectivity index (χ4n) is 2.56. The lowest BCUT2D eigenvalue weighted by Crippen LogP contribution is -2.29. The zero-order valence-electron chi connectivity index (χ0n) is 11.9. The molecule has 2 nitrogen and oxygen atoms in total. The summed E-state index contributed by atoms with van der Waals surface area (Å²) in [4.78, 5) is 2.61. The molecule has 2 N–H and O–H groups in total. The number of nitrogens with zero attached hydrogens (tertiary/aromatic N) is 1. The van der Waals surface area contributed by atoms with Crippen LogP contribution < -0.4 is 10.6 Å². The smallest absolute Gasteiger partial charge is 0.0443 e. The average molecular weight is 246 g/mol. The Balaban J connectivity index is 2.24. The maximum Gasteiger partial charge on any atom is 0.0443 e. The van der Waals surface area contributed by atoms with Gasteiger partial charge in [-0.25, -0.2) is 0 Å². The minimum Gasteiger partial charge on any atom is -0.368 e. The highest BCUT2D eigenvalue weighted by Gasteiger charge is 2.30. The third-order valence-electron chi connectivity index (χ3n) is 3.76. The van der Waals surface area contributed by atoms with Crippen molar-refractivity contribution in [2.24, 2.45) is 11.7 Å². The Labute approximate surface area is 111 Å². The largest absolute Gasteiger partial charge is 0.368 e. The average Bonchev–Trinajstić information content (AvgIpc) is 3.15. The zero-order valence-corrected chi connectivity index (χ0v) is 11.9. The topological polar surface area (TPSA) is 29.3 Å². The number of aryl methyl sites for hydroxylation is 1. The van der Waals surface area contributed by atoms with Crippen LogP contribution in [-0.2, 0) is 6.54 Å². The fourth-order valence-corrected chi connectivity index (χ4v) is 2.56. The zero-order chi connectivity index (χ0) is 13.1. The second-order valence-electron chi connectivity index (χ2n) is 5.89. The molecule has 18 heavy (non-hydrogen) atoms. The van der Waals surface area contributed by atoms with Gasteiger partial charge in [0.15, 0.2) is 0 Å². The third kappa shape index (κ3) is 3.05. The number of rotatable bonds is 6. The molecule has 0 saturated heterocycles. The van der Waals surface area contributed by atoms with Gasteiger partial charge in [0.2, 0.25) is 0 Å². The molecule has 0 bridgehead atoms. The summed E-state index contributed by atoms with van der Waals surface area (Å²) in [6, 6.07) is 7.26. The van der Waals surface area contributed by atoms with Gasteiger partial charge in [0, 0.05) is 24.8 Å². The van der Waals surface area contributed by atoms with Gasteiger partial charge < -0.3 is 10.6 Å². The van der Waals surface area contributed by atoms with Gasteiger partial charge in [0.25, 0.3) is 0 Å². The van der Waals surface area contributed by atoms with Gasteiger partial charge in [0.1, 0.15) is 0 Å². The summed E-state index contributed by atoms with van der Waals surface area (Å²) in [6.07, 6.45) is 3.95. The monoisotopic (exact) mass is 246 g/mol. The Hall–Kier alpha value is -1.02. The summed E-state index contributed by atoms with van der Waals surface area (Å²) in [5.41, 5.74) is 9.98. The Morgan fingerprint density at radius 3 is 2.61 bits per heavy atom. The van der Waals surface area contributed by atoms with E-state index in [4.69, 9.17) is 5.73 Å². The quantitative estimate of drug-likeness (QED) is 0.833. The Bertz CT molecular complexity index is 394. The lowest BCUT2D eigenvalue weighted by molar-refractivity contribution is 0.569. The highest BCUT2D eigenvalue weighted by Crippen LogP contribution is 2.36. The fraction of sp³-hybridized carbons (Fsp3) is 0.625. The van der Waals surface area contributed by atoms with Crippen LogP contribution in [0.4, 0.5) is 5.69 Å². The van der Waals surface area contributed by atoms with E-state index in [1.807, 2.05) is 0 Å². The molecule has 2 rings (SSSR count). The molecule has 0 amide bonds. The minimum absolute atomic E-state index is 0.641. The molecule has 0 atom stereocenters. The molecule has 100 valence electrons. The number of hydrogen-bond donors (Lipinski definition) is 1. The van der Waals surface area contributed by atoms with Crippen molar-refractivity contribution in [3.63, 3.8) is 0 Å². The first-order valence-corrected chi connectivity index (χ1v) is 7.18. The molecule has 1 aliphatic rings. The van der Waals surface area contributed by atoms with Crippen molar-refractivity contribution in [3.05, 3.63) is 29.3 Å². The van der Waals surface area contributed by atoms with E-state index in [1.54, 1.807) is 0 Å². The van der Waals surface area contributed by atoms with Crippen LogP contribution in [0, 0.1) is 12.8 Å². The van der Waals surface area contributed by atoms with Crippen LogP contribution in [0.25, 0.3) is 0 Å². The maximum atomic E-state index is 5.91. The van der Waals surface area contributed by atoms with Crippen molar-refractivity contribution < 1.29 is 0 Å². The van der Waals surface area contributed by atoms with E-state index in [2.05, 4.69) is 43.9 Å². The molecule has 0 spiro atoms. The molecule has 0 radical (unpaired) electrons. The SMILES string of the molecule is Cc1cccc(CN)c1N(CCC(C)C)C1CC1. The molecule has 2 heteroatoms. The first-order chi connectivity index (χ1) is 8.63. The molecule has 1 saturated carbocycles. The van der Waals surface area contributed by atoms with Crippen molar-refractivity contribution in [1.82, 2.24) is 0 Å². The van der Waals surface area contributed by atoms with E-state index in [0.717, 1.165) is 12.0 Å². The van der Waals surface area contributed by atoms with Crippen molar-refractivity contribution in [2.45, 2.75) is 52.6 Å². The van der Waals surface area contributed by atoms with E-state index in [0.29, 0.717) is 6.54 Å². The summed E-state index contributed by atoms with van der Waals surface area (Å²) >= 11 is 0. The summed E-state index contributed by atoms with van der Waals surface area (Å²) in [5.74, 6) is 0.761. The van der Waals surface area contributed by atoms with Gasteiger partial charge >= 0.3 is 0 Å². The molecule has 0 aliphatic heterocycles. The van der Waals surface area contributed by atoms with E-state index < -0.39 is 0 Å². The highest BCUT2D eigenvalue weighted by atomic mass is 15.2. The van der Waals surface area contributed by atoms with Gasteiger partial charge in [-0.2, -0.15) is 0 Å². The highest BCUT2D eigenvalue weighted by molar-refractivity contribution is 5.60. The third-order valence-corrected chi connectivity index (χ3v) is 3.76. The van der Waals surface area contributed by atoms with Gasteiger partial charge in [-0.1, -0.05) is 32.0 Å². The van der Waals surface area contributed by atoms with Crippen LogP contribution in [0.1, 0.15) is 44.2 Å². The normalized spacial score (nSPS) is 15.2. The van der Waals surface area contributed by atoms with Crippen LogP contribution in [0.15, 0.2) is 18.2 Å². The number of para-hydroxylation sites is 1. The Morgan fingerprint density at radius 1 is 1.33 bits per heavy atom. The predicted octanol–water partition coefficient (Wildman–Crippen LogP) is 3.47. The van der Waals surface area contributed by atoms with E-state index in [1.165, 1.54) is 42.6 Å². The van der Waals surface area contributed by atoms with Crippen LogP contribution in [0.5, 0.6) is 0 Å².